The van der Waals surface area contributed by atoms with Crippen molar-refractivity contribution >= 4 is 51.8 Å². The Labute approximate surface area is 208 Å². The first-order chi connectivity index (χ1) is 16.4. The summed E-state index contributed by atoms with van der Waals surface area (Å²) in [4.78, 5) is 32.9. The molecule has 2 aliphatic rings. The maximum Gasteiger partial charge on any atom is 0.326 e. The van der Waals surface area contributed by atoms with Gasteiger partial charge in [0.05, 0.1) is 21.3 Å². The predicted molar refractivity (Wildman–Crippen MR) is 141 cm³/mol. The van der Waals surface area contributed by atoms with Crippen molar-refractivity contribution in [3.63, 3.8) is 0 Å². The number of Topliss-reactive ketones (excluding diaryl/α,β-unsaturated/α-hetero) is 1. The molecular weight excluding hydrogens is 468 g/mol. The monoisotopic (exact) mass is 494 g/mol. The number of amides is 2. The van der Waals surface area contributed by atoms with Crippen LogP contribution in [0.2, 0.25) is 5.02 Å². The molecule has 0 bridgehead atoms. The van der Waals surface area contributed by atoms with Gasteiger partial charge in [-0.3, -0.25) is 9.69 Å². The number of halogens is 1. The fraction of sp³-hybridized carbons (Fsp3) is 0.308. The van der Waals surface area contributed by atoms with E-state index in [4.69, 9.17) is 11.6 Å². The van der Waals surface area contributed by atoms with Gasteiger partial charge in [-0.25, -0.2) is 4.79 Å². The van der Waals surface area contributed by atoms with Crippen LogP contribution < -0.4 is 15.1 Å². The number of hydrogen-bond donors (Lipinski definition) is 1. The molecule has 1 aromatic heterocycles. The molecular formula is C26H27ClN4O2S. The van der Waals surface area contributed by atoms with Gasteiger partial charge in [0.2, 0.25) is 0 Å². The molecule has 6 nitrogen and oxygen atoms in total. The molecule has 1 fully saturated rings. The van der Waals surface area contributed by atoms with E-state index in [0.717, 1.165) is 75.6 Å². The molecule has 0 atom stereocenters. The first kappa shape index (κ1) is 22.9. The Bertz CT molecular complexity index is 1230. The standard InChI is InChI=1S/C26H27ClN4O2S/c1-17(32)24-7-8-25(34-24)18-3-5-20(6-4-18)28-26(33)31-10-9-19-15-21(27)23(16-22(19)31)30-13-11-29(2)12-14-30/h3-8,15-16H,9-14H2,1-2H3,(H,28,33). The molecule has 0 saturated carbocycles. The minimum atomic E-state index is -0.145. The second-order valence-corrected chi connectivity index (χ2v) is 10.3. The van der Waals surface area contributed by atoms with Crippen molar-refractivity contribution < 1.29 is 9.59 Å². The minimum Gasteiger partial charge on any atom is -0.368 e. The van der Waals surface area contributed by atoms with Crippen molar-refractivity contribution in [1.82, 2.24) is 4.90 Å². The Kier molecular flexibility index (Phi) is 6.34. The van der Waals surface area contributed by atoms with Crippen molar-refractivity contribution in [3.8, 4) is 10.4 Å². The molecule has 0 unspecified atom stereocenters. The summed E-state index contributed by atoms with van der Waals surface area (Å²) in [6, 6.07) is 15.5. The Morgan fingerprint density at radius 3 is 2.35 bits per heavy atom. The zero-order valence-electron chi connectivity index (χ0n) is 19.3. The topological polar surface area (TPSA) is 55.9 Å². The van der Waals surface area contributed by atoms with E-state index in [0.29, 0.717) is 6.54 Å². The molecule has 3 heterocycles. The predicted octanol–water partition coefficient (Wildman–Crippen LogP) is 5.62. The van der Waals surface area contributed by atoms with Crippen LogP contribution in [0.25, 0.3) is 10.4 Å². The fourth-order valence-electron chi connectivity index (χ4n) is 4.49. The summed E-state index contributed by atoms with van der Waals surface area (Å²) < 4.78 is 0. The third kappa shape index (κ3) is 4.56. The highest BCUT2D eigenvalue weighted by Crippen LogP contribution is 2.38. The maximum atomic E-state index is 13.2. The van der Waals surface area contributed by atoms with Gasteiger partial charge in [0, 0.05) is 43.3 Å². The molecule has 1 saturated heterocycles. The van der Waals surface area contributed by atoms with E-state index in [1.165, 1.54) is 11.3 Å². The zero-order valence-corrected chi connectivity index (χ0v) is 20.9. The number of fused-ring (bicyclic) bond motifs is 1. The fourth-order valence-corrected chi connectivity index (χ4v) is 5.70. The summed E-state index contributed by atoms with van der Waals surface area (Å²) in [5.74, 6) is 0.0723. The molecule has 34 heavy (non-hydrogen) atoms. The van der Waals surface area contributed by atoms with Crippen molar-refractivity contribution in [3.05, 3.63) is 64.0 Å². The van der Waals surface area contributed by atoms with E-state index in [-0.39, 0.29) is 11.8 Å². The number of anilines is 3. The summed E-state index contributed by atoms with van der Waals surface area (Å²) in [5.41, 5.74) is 4.79. The van der Waals surface area contributed by atoms with Gasteiger partial charge in [-0.05, 0) is 67.9 Å². The summed E-state index contributed by atoms with van der Waals surface area (Å²) in [5, 5.41) is 3.78. The number of likely N-dealkylation sites (N-methyl/N-ethyl adjacent to an activating group) is 1. The highest BCUT2D eigenvalue weighted by atomic mass is 35.5. The number of thiophene rings is 1. The van der Waals surface area contributed by atoms with Crippen molar-refractivity contribution in [2.45, 2.75) is 13.3 Å². The number of piperazine rings is 1. The van der Waals surface area contributed by atoms with Gasteiger partial charge in [-0.1, -0.05) is 23.7 Å². The number of rotatable bonds is 4. The van der Waals surface area contributed by atoms with Gasteiger partial charge >= 0.3 is 6.03 Å². The van der Waals surface area contributed by atoms with E-state index in [1.807, 2.05) is 42.5 Å². The number of carbonyl (C=O) groups is 2. The normalized spacial score (nSPS) is 16.0. The van der Waals surface area contributed by atoms with Crippen LogP contribution >= 0.6 is 22.9 Å². The smallest absolute Gasteiger partial charge is 0.326 e. The van der Waals surface area contributed by atoms with Gasteiger partial charge in [0.1, 0.15) is 0 Å². The van der Waals surface area contributed by atoms with Crippen molar-refractivity contribution in [2.75, 3.05) is 54.9 Å². The quantitative estimate of drug-likeness (QED) is 0.478. The summed E-state index contributed by atoms with van der Waals surface area (Å²) in [7, 11) is 2.13. The lowest BCUT2D eigenvalue weighted by atomic mass is 10.1. The van der Waals surface area contributed by atoms with E-state index in [9.17, 15) is 9.59 Å². The third-order valence-electron chi connectivity index (χ3n) is 6.51. The Hall–Kier alpha value is -2.87. The lowest BCUT2D eigenvalue weighted by Gasteiger charge is -2.35. The van der Waals surface area contributed by atoms with Crippen LogP contribution in [0.5, 0.6) is 0 Å². The minimum absolute atomic E-state index is 0.0723. The highest BCUT2D eigenvalue weighted by molar-refractivity contribution is 7.17. The largest absolute Gasteiger partial charge is 0.368 e. The Balaban J connectivity index is 1.30. The van der Waals surface area contributed by atoms with Crippen LogP contribution in [0, 0.1) is 0 Å². The molecule has 0 radical (unpaired) electrons. The van der Waals surface area contributed by atoms with E-state index in [2.05, 4.69) is 28.2 Å². The maximum absolute atomic E-state index is 13.2. The molecule has 1 N–H and O–H groups in total. The SMILES string of the molecule is CC(=O)c1ccc(-c2ccc(NC(=O)N3CCc4cc(Cl)c(N5CCN(C)CC5)cc43)cc2)s1. The van der Waals surface area contributed by atoms with Gasteiger partial charge in [-0.2, -0.15) is 0 Å². The van der Waals surface area contributed by atoms with Crippen molar-refractivity contribution in [2.24, 2.45) is 0 Å². The Morgan fingerprint density at radius 2 is 1.68 bits per heavy atom. The summed E-state index contributed by atoms with van der Waals surface area (Å²) >= 11 is 8.10. The van der Waals surface area contributed by atoms with E-state index >= 15 is 0 Å². The van der Waals surface area contributed by atoms with Crippen molar-refractivity contribution in [1.29, 1.82) is 0 Å². The number of ketones is 1. The molecule has 3 aromatic rings. The lowest BCUT2D eigenvalue weighted by Crippen LogP contribution is -2.44. The molecule has 2 aliphatic heterocycles. The average Bonchev–Trinajstić information content (AvgIpc) is 3.47. The first-order valence-corrected chi connectivity index (χ1v) is 12.6. The third-order valence-corrected chi connectivity index (χ3v) is 8.04. The Morgan fingerprint density at radius 1 is 0.941 bits per heavy atom. The second kappa shape index (κ2) is 9.41. The van der Waals surface area contributed by atoms with Gasteiger partial charge < -0.3 is 15.1 Å². The first-order valence-electron chi connectivity index (χ1n) is 11.4. The van der Waals surface area contributed by atoms with Gasteiger partial charge in [0.25, 0.3) is 0 Å². The number of urea groups is 1. The lowest BCUT2D eigenvalue weighted by molar-refractivity contribution is 0.102. The molecule has 2 aromatic carbocycles. The van der Waals surface area contributed by atoms with Crippen LogP contribution in [0.4, 0.5) is 21.9 Å². The van der Waals surface area contributed by atoms with Gasteiger partial charge in [0.15, 0.2) is 5.78 Å². The average molecular weight is 495 g/mol. The van der Waals surface area contributed by atoms with Crippen LogP contribution in [0.1, 0.15) is 22.2 Å². The molecule has 0 spiro atoms. The molecule has 8 heteroatoms. The van der Waals surface area contributed by atoms with Crippen LogP contribution in [-0.2, 0) is 6.42 Å². The van der Waals surface area contributed by atoms with E-state index in [1.54, 1.807) is 11.8 Å². The summed E-state index contributed by atoms with van der Waals surface area (Å²) in [6.45, 7) is 6.04. The zero-order chi connectivity index (χ0) is 23.8. The van der Waals surface area contributed by atoms with Crippen LogP contribution in [0.15, 0.2) is 48.5 Å². The molecule has 176 valence electrons. The van der Waals surface area contributed by atoms with Crippen LogP contribution in [0.3, 0.4) is 0 Å². The number of benzene rings is 2. The molecule has 2 amide bonds. The molecule has 0 aliphatic carbocycles. The number of nitrogens with one attached hydrogen (secondary N) is 1. The van der Waals surface area contributed by atoms with Gasteiger partial charge in [-0.15, -0.1) is 11.3 Å². The number of carbonyl (C=O) groups excluding carboxylic acids is 2. The van der Waals surface area contributed by atoms with E-state index < -0.39 is 0 Å². The second-order valence-electron chi connectivity index (χ2n) is 8.85. The summed E-state index contributed by atoms with van der Waals surface area (Å²) in [6.07, 6.45) is 0.793. The molecule has 5 rings (SSSR count). The highest BCUT2D eigenvalue weighted by Gasteiger charge is 2.28. The van der Waals surface area contributed by atoms with Crippen LogP contribution in [-0.4, -0.2) is 56.5 Å². The number of nitrogens with zero attached hydrogens (tertiary/aromatic N) is 3. The number of hydrogen-bond acceptors (Lipinski definition) is 5.